The van der Waals surface area contributed by atoms with Crippen molar-refractivity contribution in [3.8, 4) is 11.5 Å². The Labute approximate surface area is 173 Å². The molecular weight excluding hydrogens is 358 g/mol. The van der Waals surface area contributed by atoms with Gasteiger partial charge in [-0.2, -0.15) is 0 Å². The molecule has 3 aromatic rings. The molecule has 0 aromatic heterocycles. The van der Waals surface area contributed by atoms with E-state index in [4.69, 9.17) is 9.47 Å². The SMILES string of the molecule is c1ccc(COc2ccc(CC3CCCNC3)cc2OCc2ccccc2)cc1. The van der Waals surface area contributed by atoms with E-state index in [2.05, 4.69) is 47.8 Å². The third-order valence-corrected chi connectivity index (χ3v) is 5.41. The Balaban J connectivity index is 1.48. The Morgan fingerprint density at radius 3 is 2.00 bits per heavy atom. The van der Waals surface area contributed by atoms with Crippen LogP contribution in [-0.4, -0.2) is 13.1 Å². The van der Waals surface area contributed by atoms with E-state index in [1.165, 1.54) is 18.4 Å². The van der Waals surface area contributed by atoms with Crippen molar-refractivity contribution >= 4 is 0 Å². The van der Waals surface area contributed by atoms with E-state index in [0.717, 1.165) is 42.1 Å². The molecule has 29 heavy (non-hydrogen) atoms. The topological polar surface area (TPSA) is 30.5 Å². The lowest BCUT2D eigenvalue weighted by Crippen LogP contribution is -2.30. The largest absolute Gasteiger partial charge is 0.485 e. The van der Waals surface area contributed by atoms with E-state index in [1.807, 2.05) is 36.4 Å². The van der Waals surface area contributed by atoms with Crippen LogP contribution < -0.4 is 14.8 Å². The van der Waals surface area contributed by atoms with Gasteiger partial charge in [0.05, 0.1) is 0 Å². The molecular formula is C26H29NO2. The number of hydrogen-bond acceptors (Lipinski definition) is 3. The Morgan fingerprint density at radius 1 is 0.724 bits per heavy atom. The first-order chi connectivity index (χ1) is 14.4. The number of benzene rings is 3. The van der Waals surface area contributed by atoms with Gasteiger partial charge in [0.2, 0.25) is 0 Å². The first-order valence-electron chi connectivity index (χ1n) is 10.5. The van der Waals surface area contributed by atoms with Crippen molar-refractivity contribution in [3.05, 3.63) is 95.6 Å². The van der Waals surface area contributed by atoms with Crippen LogP contribution in [0.3, 0.4) is 0 Å². The molecule has 1 unspecified atom stereocenters. The van der Waals surface area contributed by atoms with Gasteiger partial charge in [-0.25, -0.2) is 0 Å². The van der Waals surface area contributed by atoms with Gasteiger partial charge in [0.25, 0.3) is 0 Å². The van der Waals surface area contributed by atoms with E-state index in [1.54, 1.807) is 0 Å². The monoisotopic (exact) mass is 387 g/mol. The molecule has 1 atom stereocenters. The van der Waals surface area contributed by atoms with Crippen molar-refractivity contribution in [2.45, 2.75) is 32.5 Å². The lowest BCUT2D eigenvalue weighted by molar-refractivity contribution is 0.255. The lowest BCUT2D eigenvalue weighted by atomic mass is 9.92. The minimum Gasteiger partial charge on any atom is -0.485 e. The first-order valence-corrected chi connectivity index (χ1v) is 10.5. The molecule has 0 radical (unpaired) electrons. The molecule has 150 valence electrons. The van der Waals surface area contributed by atoms with Crippen molar-refractivity contribution < 1.29 is 9.47 Å². The highest BCUT2D eigenvalue weighted by molar-refractivity contribution is 5.43. The maximum atomic E-state index is 6.20. The molecule has 3 heteroatoms. The Morgan fingerprint density at radius 2 is 1.38 bits per heavy atom. The van der Waals surface area contributed by atoms with Crippen molar-refractivity contribution in [2.24, 2.45) is 5.92 Å². The van der Waals surface area contributed by atoms with E-state index >= 15 is 0 Å². The van der Waals surface area contributed by atoms with Gasteiger partial charge in [0.15, 0.2) is 11.5 Å². The second kappa shape index (κ2) is 10.1. The van der Waals surface area contributed by atoms with E-state index in [9.17, 15) is 0 Å². The summed E-state index contributed by atoms with van der Waals surface area (Å²) in [5.74, 6) is 2.32. The zero-order valence-corrected chi connectivity index (χ0v) is 16.8. The molecule has 1 N–H and O–H groups in total. The number of rotatable bonds is 8. The Kier molecular flexibility index (Phi) is 6.82. The van der Waals surface area contributed by atoms with E-state index < -0.39 is 0 Å². The Hall–Kier alpha value is -2.78. The summed E-state index contributed by atoms with van der Waals surface area (Å²) in [5, 5.41) is 3.51. The molecule has 4 rings (SSSR count). The lowest BCUT2D eigenvalue weighted by Gasteiger charge is -2.23. The zero-order valence-electron chi connectivity index (χ0n) is 16.8. The average Bonchev–Trinajstić information content (AvgIpc) is 2.79. The number of ether oxygens (including phenoxy) is 2. The average molecular weight is 388 g/mol. The highest BCUT2D eigenvalue weighted by Gasteiger charge is 2.15. The van der Waals surface area contributed by atoms with Crippen LogP contribution in [0.2, 0.25) is 0 Å². The third kappa shape index (κ3) is 5.85. The van der Waals surface area contributed by atoms with Crippen molar-refractivity contribution in [1.29, 1.82) is 0 Å². The van der Waals surface area contributed by atoms with Crippen LogP contribution in [0.4, 0.5) is 0 Å². The van der Waals surface area contributed by atoms with Gasteiger partial charge < -0.3 is 14.8 Å². The summed E-state index contributed by atoms with van der Waals surface area (Å²) in [4.78, 5) is 0. The fourth-order valence-electron chi connectivity index (χ4n) is 3.81. The van der Waals surface area contributed by atoms with Gasteiger partial charge in [-0.3, -0.25) is 0 Å². The highest BCUT2D eigenvalue weighted by atomic mass is 16.5. The van der Waals surface area contributed by atoms with Crippen LogP contribution >= 0.6 is 0 Å². The quantitative estimate of drug-likeness (QED) is 0.562. The molecule has 3 nitrogen and oxygen atoms in total. The summed E-state index contributed by atoms with van der Waals surface area (Å²) in [7, 11) is 0. The second-order valence-electron chi connectivity index (χ2n) is 7.75. The number of piperidine rings is 1. The second-order valence-corrected chi connectivity index (χ2v) is 7.75. The maximum absolute atomic E-state index is 6.20. The Bertz CT molecular complexity index is 874. The predicted molar refractivity (Wildman–Crippen MR) is 117 cm³/mol. The summed E-state index contributed by atoms with van der Waals surface area (Å²) in [6.07, 6.45) is 3.63. The van der Waals surface area contributed by atoms with Gasteiger partial charge in [0.1, 0.15) is 13.2 Å². The van der Waals surface area contributed by atoms with Gasteiger partial charge in [0, 0.05) is 0 Å². The predicted octanol–water partition coefficient (Wildman–Crippen LogP) is 5.39. The minimum absolute atomic E-state index is 0.536. The summed E-state index contributed by atoms with van der Waals surface area (Å²) in [6.45, 7) is 3.33. The van der Waals surface area contributed by atoms with Crippen LogP contribution in [0, 0.1) is 5.92 Å². The molecule has 1 saturated heterocycles. The van der Waals surface area contributed by atoms with Gasteiger partial charge in [-0.1, -0.05) is 66.7 Å². The van der Waals surface area contributed by atoms with Crippen LogP contribution in [0.15, 0.2) is 78.9 Å². The summed E-state index contributed by atoms with van der Waals surface area (Å²) >= 11 is 0. The van der Waals surface area contributed by atoms with Crippen molar-refractivity contribution in [2.75, 3.05) is 13.1 Å². The third-order valence-electron chi connectivity index (χ3n) is 5.41. The molecule has 0 amide bonds. The van der Waals surface area contributed by atoms with Crippen LogP contribution in [-0.2, 0) is 19.6 Å². The minimum atomic E-state index is 0.536. The first kappa shape index (κ1) is 19.5. The number of hydrogen-bond donors (Lipinski definition) is 1. The standard InChI is InChI=1S/C26H29NO2/c1-3-8-21(9-4-1)19-28-25-14-13-23(16-24-12-7-15-27-18-24)17-26(25)29-20-22-10-5-2-6-11-22/h1-6,8-11,13-14,17,24,27H,7,12,15-16,18-20H2. The van der Waals surface area contributed by atoms with Crippen molar-refractivity contribution in [1.82, 2.24) is 5.32 Å². The maximum Gasteiger partial charge on any atom is 0.161 e. The molecule has 1 aliphatic heterocycles. The van der Waals surface area contributed by atoms with Crippen molar-refractivity contribution in [3.63, 3.8) is 0 Å². The van der Waals surface area contributed by atoms with Gasteiger partial charge in [-0.15, -0.1) is 0 Å². The fourth-order valence-corrected chi connectivity index (χ4v) is 3.81. The molecule has 3 aromatic carbocycles. The van der Waals surface area contributed by atoms with Crippen LogP contribution in [0.1, 0.15) is 29.5 Å². The molecule has 0 bridgehead atoms. The molecule has 0 aliphatic carbocycles. The van der Waals surface area contributed by atoms with Crippen LogP contribution in [0.5, 0.6) is 11.5 Å². The van der Waals surface area contributed by atoms with Crippen LogP contribution in [0.25, 0.3) is 0 Å². The summed E-state index contributed by atoms with van der Waals surface area (Å²) in [6, 6.07) is 26.9. The number of nitrogens with one attached hydrogen (secondary N) is 1. The van der Waals surface area contributed by atoms with Gasteiger partial charge in [-0.05, 0) is 67.1 Å². The molecule has 0 spiro atoms. The summed E-state index contributed by atoms with van der Waals surface area (Å²) in [5.41, 5.74) is 3.62. The van der Waals surface area contributed by atoms with E-state index in [0.29, 0.717) is 19.1 Å². The molecule has 0 saturated carbocycles. The molecule has 1 fully saturated rings. The smallest absolute Gasteiger partial charge is 0.161 e. The van der Waals surface area contributed by atoms with Gasteiger partial charge >= 0.3 is 0 Å². The van der Waals surface area contributed by atoms with E-state index in [-0.39, 0.29) is 0 Å². The fraction of sp³-hybridized carbons (Fsp3) is 0.308. The molecule has 1 heterocycles. The summed E-state index contributed by atoms with van der Waals surface area (Å²) < 4.78 is 12.3. The highest BCUT2D eigenvalue weighted by Crippen LogP contribution is 2.31. The zero-order chi connectivity index (χ0) is 19.7. The molecule has 1 aliphatic rings. The normalized spacial score (nSPS) is 16.3.